The predicted molar refractivity (Wildman–Crippen MR) is 62.8 cm³/mol. The first-order chi connectivity index (χ1) is 7.80. The first kappa shape index (κ1) is 15.0. The Kier molecular flexibility index (Phi) is 4.09. The molecule has 9 heteroatoms. The maximum atomic E-state index is 12.6. The molecule has 2 rings (SSSR count). The first-order valence-electron chi connectivity index (χ1n) is 4.67. The molecular weight excluding hydrogens is 292 g/mol. The Labute approximate surface area is 111 Å². The van der Waals surface area contributed by atoms with E-state index in [1.54, 1.807) is 6.92 Å². The van der Waals surface area contributed by atoms with E-state index in [1.165, 1.54) is 0 Å². The fourth-order valence-electron chi connectivity index (χ4n) is 1.44. The molecule has 4 nitrogen and oxygen atoms in total. The lowest BCUT2D eigenvalue weighted by Crippen LogP contribution is -2.12. The van der Waals surface area contributed by atoms with E-state index in [4.69, 9.17) is 17.3 Å². The summed E-state index contributed by atoms with van der Waals surface area (Å²) >= 11 is 5.72. The maximum absolute atomic E-state index is 12.6. The van der Waals surface area contributed by atoms with Crippen molar-refractivity contribution in [3.05, 3.63) is 28.7 Å². The van der Waals surface area contributed by atoms with Crippen molar-refractivity contribution in [2.75, 3.05) is 0 Å². The molecule has 2 aromatic rings. The van der Waals surface area contributed by atoms with Crippen molar-refractivity contribution in [1.82, 2.24) is 14.6 Å². The molecule has 0 bridgehead atoms. The van der Waals surface area contributed by atoms with Crippen LogP contribution in [0.25, 0.3) is 5.65 Å². The van der Waals surface area contributed by atoms with Gasteiger partial charge in [0.1, 0.15) is 0 Å². The van der Waals surface area contributed by atoms with Crippen molar-refractivity contribution in [2.45, 2.75) is 19.1 Å². The number of fused-ring (bicyclic) bond motifs is 1. The number of nitrogens with two attached hydrogens (primary N) is 1. The van der Waals surface area contributed by atoms with Gasteiger partial charge in [0.05, 0.1) is 16.6 Å². The third kappa shape index (κ3) is 2.52. The molecule has 1 atom stereocenters. The van der Waals surface area contributed by atoms with Crippen molar-refractivity contribution in [1.29, 1.82) is 0 Å². The summed E-state index contributed by atoms with van der Waals surface area (Å²) in [6.45, 7) is 1.60. The second-order valence-corrected chi connectivity index (χ2v) is 4.02. The number of hydrogen-bond acceptors (Lipinski definition) is 3. The lowest BCUT2D eigenvalue weighted by molar-refractivity contribution is -0.137. The van der Waals surface area contributed by atoms with Gasteiger partial charge >= 0.3 is 6.18 Å². The van der Waals surface area contributed by atoms with Gasteiger partial charge in [0, 0.05) is 6.20 Å². The fraction of sp³-hybridized carbons (Fsp3) is 0.333. The Hall–Kier alpha value is -1.05. The minimum absolute atomic E-state index is 0. The Balaban J connectivity index is 0.00000162. The molecule has 0 amide bonds. The van der Waals surface area contributed by atoms with Crippen LogP contribution in [0.1, 0.15) is 24.4 Å². The van der Waals surface area contributed by atoms with Crippen LogP contribution in [-0.4, -0.2) is 14.6 Å². The second-order valence-electron chi connectivity index (χ2n) is 3.61. The van der Waals surface area contributed by atoms with Crippen LogP contribution in [0, 0.1) is 0 Å². The molecule has 0 aromatic carbocycles. The summed E-state index contributed by atoms with van der Waals surface area (Å²) < 4.78 is 38.9. The summed E-state index contributed by atoms with van der Waals surface area (Å²) in [7, 11) is 0. The normalized spacial score (nSPS) is 13.4. The van der Waals surface area contributed by atoms with Crippen LogP contribution in [0.5, 0.6) is 0 Å². The highest BCUT2D eigenvalue weighted by Gasteiger charge is 2.32. The molecule has 0 radical (unpaired) electrons. The number of halogens is 5. The van der Waals surface area contributed by atoms with Crippen LogP contribution in [-0.2, 0) is 6.18 Å². The minimum atomic E-state index is -4.47. The molecule has 0 fully saturated rings. The standard InChI is InChI=1S/C9H8ClF3N4.ClH/c1-4(14)7-15-16-8-6(10)2-5(3-17(7)8)9(11,12)13;/h2-4H,14H2,1H3;1H. The summed E-state index contributed by atoms with van der Waals surface area (Å²) in [5.74, 6) is 0.230. The van der Waals surface area contributed by atoms with Crippen LogP contribution >= 0.6 is 24.0 Å². The van der Waals surface area contributed by atoms with E-state index in [0.29, 0.717) is 0 Å². The number of aromatic nitrogens is 3. The molecule has 1 unspecified atom stereocenters. The van der Waals surface area contributed by atoms with Gasteiger partial charge in [-0.2, -0.15) is 13.2 Å². The quantitative estimate of drug-likeness (QED) is 0.881. The zero-order chi connectivity index (χ0) is 12.8. The number of nitrogens with zero attached hydrogens (tertiary/aromatic N) is 3. The average Bonchev–Trinajstić information content (AvgIpc) is 2.60. The highest BCUT2D eigenvalue weighted by Crippen LogP contribution is 2.32. The Morgan fingerprint density at radius 3 is 2.50 bits per heavy atom. The highest BCUT2D eigenvalue weighted by molar-refractivity contribution is 6.33. The van der Waals surface area contributed by atoms with Gasteiger partial charge in [0.2, 0.25) is 0 Å². The van der Waals surface area contributed by atoms with Gasteiger partial charge in [-0.25, -0.2) is 0 Å². The van der Waals surface area contributed by atoms with Gasteiger partial charge < -0.3 is 5.73 Å². The van der Waals surface area contributed by atoms with Gasteiger partial charge in [-0.3, -0.25) is 4.40 Å². The molecule has 100 valence electrons. The lowest BCUT2D eigenvalue weighted by Gasteiger charge is -2.09. The zero-order valence-corrected chi connectivity index (χ0v) is 10.6. The summed E-state index contributed by atoms with van der Waals surface area (Å²) in [4.78, 5) is 0. The Morgan fingerprint density at radius 2 is 2.00 bits per heavy atom. The summed E-state index contributed by atoms with van der Waals surface area (Å²) in [6, 6.07) is 0.279. The predicted octanol–water partition coefficient (Wildman–Crippen LogP) is 2.84. The fourth-order valence-corrected chi connectivity index (χ4v) is 1.68. The summed E-state index contributed by atoms with van der Waals surface area (Å²) in [6.07, 6.45) is -3.59. The van der Waals surface area contributed by atoms with Gasteiger partial charge in [-0.05, 0) is 13.0 Å². The molecule has 0 aliphatic heterocycles. The third-order valence-electron chi connectivity index (χ3n) is 2.22. The van der Waals surface area contributed by atoms with Crippen molar-refractivity contribution >= 4 is 29.7 Å². The molecule has 2 heterocycles. The number of alkyl halides is 3. The van der Waals surface area contributed by atoms with Crippen molar-refractivity contribution < 1.29 is 13.2 Å². The molecule has 0 aliphatic rings. The molecule has 0 spiro atoms. The smallest absolute Gasteiger partial charge is 0.322 e. The number of pyridine rings is 1. The van der Waals surface area contributed by atoms with E-state index >= 15 is 0 Å². The first-order valence-corrected chi connectivity index (χ1v) is 5.05. The molecule has 2 aromatic heterocycles. The van der Waals surface area contributed by atoms with Gasteiger partial charge in [0.25, 0.3) is 0 Å². The third-order valence-corrected chi connectivity index (χ3v) is 2.50. The van der Waals surface area contributed by atoms with E-state index < -0.39 is 17.8 Å². The van der Waals surface area contributed by atoms with Crippen LogP contribution in [0.15, 0.2) is 12.3 Å². The minimum Gasteiger partial charge on any atom is -0.322 e. The molecule has 18 heavy (non-hydrogen) atoms. The molecule has 0 saturated carbocycles. The van der Waals surface area contributed by atoms with E-state index in [0.717, 1.165) is 16.7 Å². The molecule has 0 aliphatic carbocycles. The van der Waals surface area contributed by atoms with E-state index in [9.17, 15) is 13.2 Å². The monoisotopic (exact) mass is 300 g/mol. The van der Waals surface area contributed by atoms with Crippen molar-refractivity contribution in [3.8, 4) is 0 Å². The molecule has 2 N–H and O–H groups in total. The van der Waals surface area contributed by atoms with Crippen LogP contribution < -0.4 is 5.73 Å². The average molecular weight is 301 g/mol. The zero-order valence-electron chi connectivity index (χ0n) is 9.07. The van der Waals surface area contributed by atoms with Crippen LogP contribution in [0.3, 0.4) is 0 Å². The topological polar surface area (TPSA) is 56.2 Å². The van der Waals surface area contributed by atoms with E-state index in [-0.39, 0.29) is 28.9 Å². The van der Waals surface area contributed by atoms with Gasteiger partial charge in [-0.15, -0.1) is 22.6 Å². The van der Waals surface area contributed by atoms with Crippen LogP contribution in [0.4, 0.5) is 13.2 Å². The Bertz CT molecular complexity index is 565. The van der Waals surface area contributed by atoms with Crippen molar-refractivity contribution in [3.63, 3.8) is 0 Å². The Morgan fingerprint density at radius 1 is 1.39 bits per heavy atom. The number of hydrogen-bond donors (Lipinski definition) is 1. The van der Waals surface area contributed by atoms with Crippen LogP contribution in [0.2, 0.25) is 5.02 Å². The molecule has 0 saturated heterocycles. The number of rotatable bonds is 1. The largest absolute Gasteiger partial charge is 0.417 e. The van der Waals surface area contributed by atoms with Crippen molar-refractivity contribution in [2.24, 2.45) is 5.73 Å². The second kappa shape index (κ2) is 4.91. The van der Waals surface area contributed by atoms with Gasteiger partial charge in [-0.1, -0.05) is 11.6 Å². The van der Waals surface area contributed by atoms with E-state index in [1.807, 2.05) is 0 Å². The maximum Gasteiger partial charge on any atom is 0.417 e. The SMILES string of the molecule is CC(N)c1nnc2c(Cl)cc(C(F)(F)F)cn12.Cl. The highest BCUT2D eigenvalue weighted by atomic mass is 35.5. The molecular formula is C9H9Cl2F3N4. The summed E-state index contributed by atoms with van der Waals surface area (Å²) in [5.41, 5.74) is 4.88. The summed E-state index contributed by atoms with van der Waals surface area (Å²) in [5, 5.41) is 7.30. The lowest BCUT2D eigenvalue weighted by atomic mass is 10.2. The van der Waals surface area contributed by atoms with Gasteiger partial charge in [0.15, 0.2) is 11.5 Å². The van der Waals surface area contributed by atoms with E-state index in [2.05, 4.69) is 10.2 Å².